The smallest absolute Gasteiger partial charge is 0.287 e. The first-order valence-electron chi connectivity index (χ1n) is 3.63. The number of ether oxygens (including phenoxy) is 1. The summed E-state index contributed by atoms with van der Waals surface area (Å²) in [5, 5.41) is 0. The van der Waals surface area contributed by atoms with Gasteiger partial charge in [0, 0.05) is 23.8 Å². The maximum Gasteiger partial charge on any atom is 0.522 e. The lowest BCUT2D eigenvalue weighted by Crippen LogP contribution is -2.29. The first kappa shape index (κ1) is 12.0. The summed E-state index contributed by atoms with van der Waals surface area (Å²) in [5.41, 5.74) is 0. The molecule has 1 atom stereocenters. The van der Waals surface area contributed by atoms with E-state index in [0.29, 0.717) is 0 Å². The van der Waals surface area contributed by atoms with Gasteiger partial charge in [-0.1, -0.05) is 0 Å². The molecule has 4 nitrogen and oxygen atoms in total. The molecule has 1 unspecified atom stereocenters. The summed E-state index contributed by atoms with van der Waals surface area (Å²) in [6.07, 6.45) is -5.91. The quantitative estimate of drug-likeness (QED) is 0.692. The van der Waals surface area contributed by atoms with Crippen molar-refractivity contribution in [3.63, 3.8) is 0 Å². The van der Waals surface area contributed by atoms with Crippen molar-refractivity contribution in [2.24, 2.45) is 0 Å². The van der Waals surface area contributed by atoms with E-state index < -0.39 is 21.7 Å². The third-order valence-electron chi connectivity index (χ3n) is 1.72. The summed E-state index contributed by atoms with van der Waals surface area (Å²) in [4.78, 5) is 0. The number of halogens is 4. The molecule has 1 rings (SSSR count). The maximum atomic E-state index is 11.7. The summed E-state index contributed by atoms with van der Waals surface area (Å²) in [6.45, 7) is -0.405. The van der Waals surface area contributed by atoms with Gasteiger partial charge >= 0.3 is 6.36 Å². The van der Waals surface area contributed by atoms with E-state index in [-0.39, 0.29) is 19.5 Å². The van der Waals surface area contributed by atoms with Crippen molar-refractivity contribution in [3.8, 4) is 0 Å². The third kappa shape index (κ3) is 3.60. The Balaban J connectivity index is 2.51. The molecule has 0 aliphatic carbocycles. The van der Waals surface area contributed by atoms with Crippen molar-refractivity contribution in [1.29, 1.82) is 0 Å². The average Bonchev–Trinajstić information content (AvgIpc) is 2.29. The number of hydrogen-bond acceptors (Lipinski definition) is 3. The van der Waals surface area contributed by atoms with Gasteiger partial charge in [-0.3, -0.25) is 4.74 Å². The normalized spacial score (nSPS) is 25.6. The molecule has 1 heterocycles. The van der Waals surface area contributed by atoms with Crippen LogP contribution in [0.5, 0.6) is 0 Å². The van der Waals surface area contributed by atoms with Crippen LogP contribution in [0.25, 0.3) is 0 Å². The SMILES string of the molecule is O=S(=O)(Cl)N1CCC(OC(F)(F)F)C1. The van der Waals surface area contributed by atoms with Crippen LogP contribution < -0.4 is 0 Å². The molecule has 1 fully saturated rings. The summed E-state index contributed by atoms with van der Waals surface area (Å²) in [7, 11) is 1.00. The average molecular weight is 254 g/mol. The van der Waals surface area contributed by atoms with Crippen molar-refractivity contribution in [1.82, 2.24) is 4.31 Å². The van der Waals surface area contributed by atoms with Crippen LogP contribution in [-0.2, 0) is 14.0 Å². The Kier molecular flexibility index (Phi) is 3.30. The second kappa shape index (κ2) is 3.84. The fourth-order valence-corrected chi connectivity index (χ4v) is 2.22. The Hall–Kier alpha value is -0.0500. The minimum Gasteiger partial charge on any atom is -0.287 e. The van der Waals surface area contributed by atoms with Crippen LogP contribution >= 0.6 is 10.7 Å². The van der Waals surface area contributed by atoms with Gasteiger partial charge < -0.3 is 0 Å². The number of hydrogen-bond donors (Lipinski definition) is 0. The molecule has 0 radical (unpaired) electrons. The molecule has 0 aromatic carbocycles. The Morgan fingerprint density at radius 2 is 2.00 bits per heavy atom. The fraction of sp³-hybridized carbons (Fsp3) is 1.00. The molecule has 1 saturated heterocycles. The van der Waals surface area contributed by atoms with Crippen LogP contribution in [0.4, 0.5) is 13.2 Å². The van der Waals surface area contributed by atoms with E-state index in [9.17, 15) is 21.6 Å². The largest absolute Gasteiger partial charge is 0.522 e. The van der Waals surface area contributed by atoms with Gasteiger partial charge in [0.05, 0.1) is 6.10 Å². The topological polar surface area (TPSA) is 46.6 Å². The lowest BCUT2D eigenvalue weighted by molar-refractivity contribution is -0.340. The van der Waals surface area contributed by atoms with E-state index in [4.69, 9.17) is 10.7 Å². The molecule has 14 heavy (non-hydrogen) atoms. The summed E-state index contributed by atoms with van der Waals surface area (Å²) < 4.78 is 60.9. The van der Waals surface area contributed by atoms with Crippen molar-refractivity contribution < 1.29 is 26.3 Å². The number of nitrogens with zero attached hydrogens (tertiary/aromatic N) is 1. The van der Waals surface area contributed by atoms with Crippen LogP contribution in [0.1, 0.15) is 6.42 Å². The molecule has 0 bridgehead atoms. The van der Waals surface area contributed by atoms with Crippen molar-refractivity contribution in [2.75, 3.05) is 13.1 Å². The highest BCUT2D eigenvalue weighted by Gasteiger charge is 2.39. The van der Waals surface area contributed by atoms with E-state index in [1.165, 1.54) is 0 Å². The van der Waals surface area contributed by atoms with Crippen LogP contribution in [0.15, 0.2) is 0 Å². The molecular formula is C5H7ClF3NO3S. The molecule has 0 saturated carbocycles. The molecule has 1 aliphatic heterocycles. The Labute approximate surface area is 83.1 Å². The zero-order valence-corrected chi connectivity index (χ0v) is 8.36. The Morgan fingerprint density at radius 3 is 2.36 bits per heavy atom. The standard InChI is InChI=1S/C5H7ClF3NO3S/c6-14(11,12)10-2-1-4(3-10)13-5(7,8)9/h4H,1-3H2. The van der Waals surface area contributed by atoms with Gasteiger partial charge in [-0.2, -0.15) is 12.7 Å². The van der Waals surface area contributed by atoms with E-state index in [1.807, 2.05) is 0 Å². The Morgan fingerprint density at radius 1 is 1.43 bits per heavy atom. The Bertz CT molecular complexity index is 304. The lowest BCUT2D eigenvalue weighted by Gasteiger charge is -2.14. The molecule has 0 amide bonds. The van der Waals surface area contributed by atoms with Crippen molar-refractivity contribution in [2.45, 2.75) is 18.9 Å². The van der Waals surface area contributed by atoms with E-state index in [1.54, 1.807) is 0 Å². The highest BCUT2D eigenvalue weighted by Crippen LogP contribution is 2.25. The van der Waals surface area contributed by atoms with Gasteiger partial charge in [-0.25, -0.2) is 0 Å². The molecule has 9 heteroatoms. The van der Waals surface area contributed by atoms with E-state index >= 15 is 0 Å². The predicted molar refractivity (Wildman–Crippen MR) is 41.9 cm³/mol. The van der Waals surface area contributed by atoms with Crippen LogP contribution in [0, 0.1) is 0 Å². The third-order valence-corrected chi connectivity index (χ3v) is 3.25. The minimum absolute atomic E-state index is 0.00847. The molecule has 0 N–H and O–H groups in total. The molecule has 84 valence electrons. The van der Waals surface area contributed by atoms with E-state index in [0.717, 1.165) is 4.31 Å². The first-order valence-corrected chi connectivity index (χ1v) is 5.89. The van der Waals surface area contributed by atoms with Gasteiger partial charge in [-0.15, -0.1) is 13.2 Å². The minimum atomic E-state index is -4.74. The van der Waals surface area contributed by atoms with Crippen molar-refractivity contribution in [3.05, 3.63) is 0 Å². The van der Waals surface area contributed by atoms with E-state index in [2.05, 4.69) is 4.74 Å². The highest BCUT2D eigenvalue weighted by atomic mass is 35.7. The highest BCUT2D eigenvalue weighted by molar-refractivity contribution is 8.11. The number of rotatable bonds is 2. The summed E-state index contributed by atoms with van der Waals surface area (Å²) in [6, 6.07) is 0. The molecule has 0 aromatic heterocycles. The van der Waals surface area contributed by atoms with Gasteiger partial charge in [0.2, 0.25) is 0 Å². The molecule has 1 aliphatic rings. The van der Waals surface area contributed by atoms with Gasteiger partial charge in [0.25, 0.3) is 9.24 Å². The molecular weight excluding hydrogens is 247 g/mol. The van der Waals surface area contributed by atoms with Crippen molar-refractivity contribution >= 4 is 19.9 Å². The number of alkyl halides is 3. The van der Waals surface area contributed by atoms with Gasteiger partial charge in [0.1, 0.15) is 0 Å². The predicted octanol–water partition coefficient (Wildman–Crippen LogP) is 1.08. The fourth-order valence-electron chi connectivity index (χ4n) is 1.18. The van der Waals surface area contributed by atoms with Gasteiger partial charge in [0.15, 0.2) is 0 Å². The second-order valence-electron chi connectivity index (χ2n) is 2.77. The van der Waals surface area contributed by atoms with Crippen LogP contribution in [0.2, 0.25) is 0 Å². The molecule has 0 aromatic rings. The lowest BCUT2D eigenvalue weighted by atomic mass is 10.3. The summed E-state index contributed by atoms with van der Waals surface area (Å²) in [5.74, 6) is 0. The second-order valence-corrected chi connectivity index (χ2v) is 5.28. The zero-order chi connectivity index (χ0) is 11.0. The molecule has 0 spiro atoms. The zero-order valence-electron chi connectivity index (χ0n) is 6.79. The first-order chi connectivity index (χ1) is 6.18. The van der Waals surface area contributed by atoms with Crippen LogP contribution in [-0.4, -0.2) is 38.3 Å². The van der Waals surface area contributed by atoms with Gasteiger partial charge in [-0.05, 0) is 6.42 Å². The van der Waals surface area contributed by atoms with Crippen LogP contribution in [0.3, 0.4) is 0 Å². The summed E-state index contributed by atoms with van der Waals surface area (Å²) >= 11 is 0. The monoisotopic (exact) mass is 253 g/mol. The maximum absolute atomic E-state index is 11.7.